The number of fused-ring (bicyclic) bond motifs is 2. The molecule has 2 saturated carbocycles. The Morgan fingerprint density at radius 3 is 2.29 bits per heavy atom. The zero-order valence-corrected chi connectivity index (χ0v) is 20.4. The average molecular weight is 430 g/mol. The Hall–Kier alpha value is -2.04. The smallest absolute Gasteiger partial charge is 0.413 e. The number of amides is 1. The largest absolute Gasteiger partial charge is 0.460 e. The van der Waals surface area contributed by atoms with Crippen molar-refractivity contribution in [1.82, 2.24) is 5.32 Å². The van der Waals surface area contributed by atoms with Crippen molar-refractivity contribution >= 4 is 12.1 Å². The van der Waals surface area contributed by atoms with Gasteiger partial charge in [0.1, 0.15) is 17.9 Å². The first-order valence-electron chi connectivity index (χ1n) is 11.7. The molecule has 1 N–H and O–H groups in total. The van der Waals surface area contributed by atoms with Crippen LogP contribution in [0.4, 0.5) is 4.79 Å². The maximum Gasteiger partial charge on any atom is 0.413 e. The number of esters is 1. The second-order valence-corrected chi connectivity index (χ2v) is 11.0. The monoisotopic (exact) mass is 429 g/mol. The van der Waals surface area contributed by atoms with E-state index in [4.69, 9.17) is 9.47 Å². The zero-order chi connectivity index (χ0) is 23.1. The van der Waals surface area contributed by atoms with Crippen LogP contribution >= 0.6 is 0 Å². The summed E-state index contributed by atoms with van der Waals surface area (Å²) in [5.74, 6) is 1.01. The number of carbonyl (C=O) groups excluding carboxylic acids is 2. The number of nitrogens with one attached hydrogen (secondary N) is 1. The highest BCUT2D eigenvalue weighted by atomic mass is 16.6. The van der Waals surface area contributed by atoms with Crippen LogP contribution in [-0.2, 0) is 9.53 Å². The Labute approximate surface area is 187 Å². The predicted molar refractivity (Wildman–Crippen MR) is 122 cm³/mol. The van der Waals surface area contributed by atoms with Crippen molar-refractivity contribution in [3.8, 4) is 5.75 Å². The van der Waals surface area contributed by atoms with E-state index in [-0.39, 0.29) is 28.8 Å². The number of hydrogen-bond donors (Lipinski definition) is 1. The quantitative estimate of drug-likeness (QED) is 0.564. The molecule has 5 nitrogen and oxygen atoms in total. The summed E-state index contributed by atoms with van der Waals surface area (Å²) in [5.41, 5.74) is 2.24. The van der Waals surface area contributed by atoms with Crippen LogP contribution in [0.5, 0.6) is 5.75 Å². The number of carbonyl (C=O) groups is 2. The average Bonchev–Trinajstić information content (AvgIpc) is 3.00. The molecule has 2 fully saturated rings. The third-order valence-corrected chi connectivity index (χ3v) is 8.23. The number of ether oxygens (including phenoxy) is 2. The van der Waals surface area contributed by atoms with E-state index < -0.39 is 12.1 Å². The summed E-state index contributed by atoms with van der Waals surface area (Å²) in [7, 11) is 0. The first kappa shape index (κ1) is 23.6. The van der Waals surface area contributed by atoms with Crippen LogP contribution < -0.4 is 10.1 Å². The SMILES string of the molecule is Cc1cc(C(C)C)ccc1OC(=O)NC(C(=O)O[C@@H]1C[C@@H]2CC[C@]1(C)C2(C)C)C(C)C. The molecule has 1 amide bonds. The van der Waals surface area contributed by atoms with Gasteiger partial charge >= 0.3 is 12.1 Å². The summed E-state index contributed by atoms with van der Waals surface area (Å²) in [5, 5.41) is 2.74. The van der Waals surface area contributed by atoms with Crippen molar-refractivity contribution in [2.45, 2.75) is 92.7 Å². The maximum absolute atomic E-state index is 13.1. The summed E-state index contributed by atoms with van der Waals surface area (Å²) >= 11 is 0. The Morgan fingerprint density at radius 1 is 1.13 bits per heavy atom. The van der Waals surface area contributed by atoms with Gasteiger partial charge in [0.05, 0.1) is 0 Å². The molecule has 2 bridgehead atoms. The number of benzene rings is 1. The summed E-state index contributed by atoms with van der Waals surface area (Å²) in [4.78, 5) is 25.6. The summed E-state index contributed by atoms with van der Waals surface area (Å²) in [6.07, 6.45) is 2.46. The lowest BCUT2D eigenvalue weighted by Crippen LogP contribution is -2.49. The van der Waals surface area contributed by atoms with Crippen molar-refractivity contribution in [2.75, 3.05) is 0 Å². The van der Waals surface area contributed by atoms with Gasteiger partial charge in [0.2, 0.25) is 0 Å². The topological polar surface area (TPSA) is 64.6 Å². The fourth-order valence-corrected chi connectivity index (χ4v) is 5.42. The van der Waals surface area contributed by atoms with Crippen molar-refractivity contribution in [2.24, 2.45) is 22.7 Å². The van der Waals surface area contributed by atoms with E-state index in [9.17, 15) is 9.59 Å². The molecule has 31 heavy (non-hydrogen) atoms. The first-order chi connectivity index (χ1) is 14.4. The molecule has 2 aliphatic carbocycles. The van der Waals surface area contributed by atoms with Crippen molar-refractivity contribution in [1.29, 1.82) is 0 Å². The van der Waals surface area contributed by atoms with Crippen molar-refractivity contribution < 1.29 is 19.1 Å². The molecule has 0 saturated heterocycles. The van der Waals surface area contributed by atoms with Gasteiger partial charge in [-0.25, -0.2) is 9.59 Å². The molecular formula is C26H39NO4. The molecule has 5 heteroatoms. The van der Waals surface area contributed by atoms with Gasteiger partial charge in [-0.3, -0.25) is 0 Å². The van der Waals surface area contributed by atoms with Crippen LogP contribution in [0.3, 0.4) is 0 Å². The number of aryl methyl sites for hydroxylation is 1. The van der Waals surface area contributed by atoms with Crippen LogP contribution in [-0.4, -0.2) is 24.2 Å². The van der Waals surface area contributed by atoms with Gasteiger partial charge in [-0.2, -0.15) is 0 Å². The molecule has 0 radical (unpaired) electrons. The minimum atomic E-state index is -0.742. The Morgan fingerprint density at radius 2 is 1.81 bits per heavy atom. The van der Waals surface area contributed by atoms with Gasteiger partial charge < -0.3 is 14.8 Å². The van der Waals surface area contributed by atoms with Gasteiger partial charge in [-0.1, -0.05) is 60.6 Å². The standard InChI is InChI=1S/C26H39NO4/c1-15(2)18-9-10-20(17(5)13-18)30-24(29)27-22(16(3)4)23(28)31-21-14-19-11-12-26(21,8)25(19,6)7/h9-10,13,15-16,19,21-22H,11-12,14H2,1-8H3,(H,27,29)/t19-,21+,22?,26-/m0/s1. The lowest BCUT2D eigenvalue weighted by Gasteiger charge is -2.39. The van der Waals surface area contributed by atoms with E-state index in [0.717, 1.165) is 18.4 Å². The Bertz CT molecular complexity index is 844. The highest BCUT2D eigenvalue weighted by Gasteiger charge is 2.63. The molecule has 1 aromatic rings. The van der Waals surface area contributed by atoms with Gasteiger partial charge in [0.25, 0.3) is 0 Å². The zero-order valence-electron chi connectivity index (χ0n) is 20.4. The fraction of sp³-hybridized carbons (Fsp3) is 0.692. The van der Waals surface area contributed by atoms with Crippen LogP contribution in [0.2, 0.25) is 0 Å². The van der Waals surface area contributed by atoms with Crippen LogP contribution in [0.25, 0.3) is 0 Å². The third kappa shape index (κ3) is 4.33. The lowest BCUT2D eigenvalue weighted by atomic mass is 9.70. The molecule has 172 valence electrons. The minimum absolute atomic E-state index is 0.00929. The normalized spacial score (nSPS) is 27.4. The Kier molecular flexibility index (Phi) is 6.46. The van der Waals surface area contributed by atoms with Crippen LogP contribution in [0.15, 0.2) is 18.2 Å². The second-order valence-electron chi connectivity index (χ2n) is 11.0. The molecule has 2 aliphatic rings. The van der Waals surface area contributed by atoms with Crippen molar-refractivity contribution in [3.63, 3.8) is 0 Å². The maximum atomic E-state index is 13.1. The number of hydrogen-bond acceptors (Lipinski definition) is 4. The molecule has 1 aromatic carbocycles. The molecule has 0 spiro atoms. The minimum Gasteiger partial charge on any atom is -0.460 e. The van der Waals surface area contributed by atoms with E-state index in [2.05, 4.69) is 39.9 Å². The molecule has 0 aromatic heterocycles. The summed E-state index contributed by atoms with van der Waals surface area (Å²) in [6.45, 7) is 16.8. The van der Waals surface area contributed by atoms with E-state index in [1.165, 1.54) is 12.0 Å². The fourth-order valence-electron chi connectivity index (χ4n) is 5.42. The second kappa shape index (κ2) is 8.48. The lowest BCUT2D eigenvalue weighted by molar-refractivity contribution is -0.160. The highest BCUT2D eigenvalue weighted by Crippen LogP contribution is 2.66. The van der Waals surface area contributed by atoms with Crippen LogP contribution in [0.1, 0.15) is 84.8 Å². The summed E-state index contributed by atoms with van der Waals surface area (Å²) in [6, 6.07) is 5.06. The molecule has 0 heterocycles. The van der Waals surface area contributed by atoms with Gasteiger partial charge in [-0.15, -0.1) is 0 Å². The third-order valence-electron chi connectivity index (χ3n) is 8.23. The predicted octanol–water partition coefficient (Wildman–Crippen LogP) is 5.99. The van der Waals surface area contributed by atoms with E-state index in [1.807, 2.05) is 39.0 Å². The molecule has 0 aliphatic heterocycles. The van der Waals surface area contributed by atoms with E-state index in [0.29, 0.717) is 17.6 Å². The van der Waals surface area contributed by atoms with Gasteiger partial charge in [0, 0.05) is 5.41 Å². The molecule has 3 rings (SSSR count). The van der Waals surface area contributed by atoms with Gasteiger partial charge in [-0.05, 0) is 66.5 Å². The van der Waals surface area contributed by atoms with Crippen molar-refractivity contribution in [3.05, 3.63) is 29.3 Å². The van der Waals surface area contributed by atoms with E-state index in [1.54, 1.807) is 0 Å². The molecule has 1 unspecified atom stereocenters. The van der Waals surface area contributed by atoms with Gasteiger partial charge in [0.15, 0.2) is 0 Å². The first-order valence-corrected chi connectivity index (χ1v) is 11.7. The summed E-state index contributed by atoms with van der Waals surface area (Å²) < 4.78 is 11.5. The molecular weight excluding hydrogens is 390 g/mol. The highest BCUT2D eigenvalue weighted by molar-refractivity contribution is 5.82. The van der Waals surface area contributed by atoms with Crippen LogP contribution in [0, 0.1) is 29.6 Å². The number of rotatable bonds is 6. The molecule has 4 atom stereocenters. The Balaban J connectivity index is 1.65. The van der Waals surface area contributed by atoms with E-state index >= 15 is 0 Å².